The summed E-state index contributed by atoms with van der Waals surface area (Å²) in [6, 6.07) is 12.6. The van der Waals surface area contributed by atoms with E-state index in [0.29, 0.717) is 18.4 Å². The van der Waals surface area contributed by atoms with E-state index in [1.165, 1.54) is 13.0 Å². The van der Waals surface area contributed by atoms with Crippen molar-refractivity contribution in [2.24, 2.45) is 0 Å². The molecule has 0 bridgehead atoms. The van der Waals surface area contributed by atoms with Gasteiger partial charge in [0.1, 0.15) is 0 Å². The molecule has 0 saturated heterocycles. The predicted molar refractivity (Wildman–Crippen MR) is 97.4 cm³/mol. The van der Waals surface area contributed by atoms with Crippen molar-refractivity contribution in [2.45, 2.75) is 44.1 Å². The maximum atomic E-state index is 14.6. The highest BCUT2D eigenvalue weighted by molar-refractivity contribution is 5.90. The average Bonchev–Trinajstić information content (AvgIpc) is 2.61. The van der Waals surface area contributed by atoms with E-state index < -0.39 is 17.8 Å². The van der Waals surface area contributed by atoms with Gasteiger partial charge in [0.05, 0.1) is 6.10 Å². The molecule has 136 valence electrons. The van der Waals surface area contributed by atoms with Gasteiger partial charge in [-0.25, -0.2) is 0 Å². The van der Waals surface area contributed by atoms with Gasteiger partial charge in [0, 0.05) is 12.0 Å². The first-order valence-electron chi connectivity index (χ1n) is 8.76. The minimum Gasteiger partial charge on any atom is -0.389 e. The Balaban J connectivity index is 2.08. The fourth-order valence-corrected chi connectivity index (χ4v) is 3.80. The zero-order valence-corrected chi connectivity index (χ0v) is 14.7. The van der Waals surface area contributed by atoms with E-state index in [1.54, 1.807) is 18.2 Å². The summed E-state index contributed by atoms with van der Waals surface area (Å²) in [6.07, 6.45) is 1.73. The number of halogens is 2. The van der Waals surface area contributed by atoms with Crippen LogP contribution in [-0.2, 0) is 23.6 Å². The molecule has 1 N–H and O–H groups in total. The Kier molecular flexibility index (Phi) is 5.05. The molecule has 0 amide bonds. The number of fused-ring (bicyclic) bond motifs is 1. The molecule has 2 atom stereocenters. The second kappa shape index (κ2) is 7.12. The van der Waals surface area contributed by atoms with E-state index in [2.05, 4.69) is 6.58 Å². The minimum atomic E-state index is -3.56. The van der Waals surface area contributed by atoms with Crippen molar-refractivity contribution < 1.29 is 18.7 Å². The Bertz CT molecular complexity index is 840. The summed E-state index contributed by atoms with van der Waals surface area (Å²) in [7, 11) is 0. The lowest BCUT2D eigenvalue weighted by Crippen LogP contribution is -2.36. The van der Waals surface area contributed by atoms with Crippen LogP contribution in [-0.4, -0.2) is 10.9 Å². The zero-order chi connectivity index (χ0) is 18.9. The minimum absolute atomic E-state index is 0.130. The largest absolute Gasteiger partial charge is 0.389 e. The van der Waals surface area contributed by atoms with Crippen LogP contribution in [0.3, 0.4) is 0 Å². The Hall–Kier alpha value is -2.33. The summed E-state index contributed by atoms with van der Waals surface area (Å²) in [5.41, 5.74) is 2.40. The third-order valence-corrected chi connectivity index (χ3v) is 5.06. The van der Waals surface area contributed by atoms with Crippen LogP contribution in [0.1, 0.15) is 53.2 Å². The molecule has 0 radical (unpaired) electrons. The number of ketones is 1. The Morgan fingerprint density at radius 3 is 2.58 bits per heavy atom. The molecule has 2 aromatic carbocycles. The van der Waals surface area contributed by atoms with E-state index in [0.717, 1.165) is 11.1 Å². The average molecular weight is 356 g/mol. The number of benzene rings is 2. The molecule has 0 aliphatic heterocycles. The molecular formula is C22H22F2O2. The van der Waals surface area contributed by atoms with Crippen molar-refractivity contribution in [2.75, 3.05) is 0 Å². The maximum absolute atomic E-state index is 14.6. The number of aliphatic hydroxyl groups is 1. The van der Waals surface area contributed by atoms with Crippen molar-refractivity contribution in [1.82, 2.24) is 0 Å². The van der Waals surface area contributed by atoms with E-state index in [4.69, 9.17) is 0 Å². The molecule has 2 nitrogen and oxygen atoms in total. The van der Waals surface area contributed by atoms with Crippen molar-refractivity contribution >= 4 is 5.78 Å². The number of allylic oxidation sites excluding steroid dienone is 1. The van der Waals surface area contributed by atoms with Crippen molar-refractivity contribution in [3.63, 3.8) is 0 Å². The first kappa shape index (κ1) is 18.5. The second-order valence-electron chi connectivity index (χ2n) is 6.85. The summed E-state index contributed by atoms with van der Waals surface area (Å²) in [5, 5.41) is 9.93. The van der Waals surface area contributed by atoms with Gasteiger partial charge in [-0.1, -0.05) is 48.5 Å². The summed E-state index contributed by atoms with van der Waals surface area (Å²) in [4.78, 5) is 12.2. The third kappa shape index (κ3) is 3.21. The van der Waals surface area contributed by atoms with Gasteiger partial charge < -0.3 is 5.11 Å². The molecule has 1 aliphatic rings. The van der Waals surface area contributed by atoms with Gasteiger partial charge in [-0.2, -0.15) is 8.78 Å². The van der Waals surface area contributed by atoms with Crippen LogP contribution in [0.5, 0.6) is 0 Å². The fraction of sp³-hybridized carbons (Fsp3) is 0.318. The van der Waals surface area contributed by atoms with Crippen molar-refractivity contribution in [3.05, 3.63) is 82.9 Å². The van der Waals surface area contributed by atoms with E-state index in [9.17, 15) is 18.7 Å². The van der Waals surface area contributed by atoms with Gasteiger partial charge in [-0.15, -0.1) is 6.58 Å². The van der Waals surface area contributed by atoms with Crippen LogP contribution in [0.2, 0.25) is 0 Å². The molecule has 1 unspecified atom stereocenters. The summed E-state index contributed by atoms with van der Waals surface area (Å²) in [5.74, 6) is -4.97. The van der Waals surface area contributed by atoms with Gasteiger partial charge in [0.15, 0.2) is 0 Å². The highest BCUT2D eigenvalue weighted by Crippen LogP contribution is 2.46. The smallest absolute Gasteiger partial charge is 0.331 e. The molecule has 2 aromatic rings. The molecule has 4 heteroatoms. The normalized spacial score (nSPS) is 19.7. The van der Waals surface area contributed by atoms with E-state index >= 15 is 0 Å². The fourth-order valence-electron chi connectivity index (χ4n) is 3.80. The number of aliphatic hydroxyl groups excluding tert-OH is 1. The lowest BCUT2D eigenvalue weighted by atomic mass is 9.74. The topological polar surface area (TPSA) is 37.3 Å². The van der Waals surface area contributed by atoms with Gasteiger partial charge in [0.25, 0.3) is 0 Å². The number of hydrogen-bond donors (Lipinski definition) is 1. The van der Waals surface area contributed by atoms with Crippen LogP contribution >= 0.6 is 0 Å². The summed E-state index contributed by atoms with van der Waals surface area (Å²) < 4.78 is 29.3. The highest BCUT2D eigenvalue weighted by atomic mass is 19.3. The quantitative estimate of drug-likeness (QED) is 0.777. The lowest BCUT2D eigenvalue weighted by molar-refractivity contribution is -0.146. The van der Waals surface area contributed by atoms with E-state index in [-0.39, 0.29) is 23.5 Å². The Morgan fingerprint density at radius 1 is 1.23 bits per heavy atom. The van der Waals surface area contributed by atoms with Crippen LogP contribution in [0, 0.1) is 0 Å². The number of hydrogen-bond acceptors (Lipinski definition) is 2. The molecular weight excluding hydrogens is 334 g/mol. The van der Waals surface area contributed by atoms with Crippen LogP contribution in [0.25, 0.3) is 0 Å². The summed E-state index contributed by atoms with van der Waals surface area (Å²) >= 11 is 0. The molecule has 3 rings (SSSR count). The predicted octanol–water partition coefficient (Wildman–Crippen LogP) is 4.86. The van der Waals surface area contributed by atoms with Gasteiger partial charge in [-0.05, 0) is 47.9 Å². The van der Waals surface area contributed by atoms with Gasteiger partial charge in [-0.3, -0.25) is 4.79 Å². The van der Waals surface area contributed by atoms with Gasteiger partial charge in [0.2, 0.25) is 5.78 Å². The Labute approximate surface area is 152 Å². The molecule has 0 saturated carbocycles. The van der Waals surface area contributed by atoms with Crippen molar-refractivity contribution in [1.29, 1.82) is 0 Å². The molecule has 0 fully saturated rings. The monoisotopic (exact) mass is 356 g/mol. The third-order valence-electron chi connectivity index (χ3n) is 5.06. The zero-order valence-electron chi connectivity index (χ0n) is 14.7. The summed E-state index contributed by atoms with van der Waals surface area (Å²) in [6.45, 7) is 5.20. The maximum Gasteiger partial charge on any atom is 0.331 e. The first-order chi connectivity index (χ1) is 12.4. The molecule has 26 heavy (non-hydrogen) atoms. The standard InChI is InChI=1S/C22H22F2O2/c1-3-7-15-8-4-5-9-16(15)12-17-13-20(26)22(23,24)21-18(14(2)25)10-6-11-19(17)21/h3-6,8-11,14,17,25H,1,7,12-13H2,2H3/t14-,17?/m0/s1. The number of carbonyl (C=O) groups excluding carboxylic acids is 1. The van der Waals surface area contributed by atoms with Crippen LogP contribution in [0.15, 0.2) is 55.1 Å². The number of Topliss-reactive ketones (excluding diaryl/α,β-unsaturated/α-hetero) is 1. The number of alkyl halides is 2. The SMILES string of the molecule is C=CCc1ccccc1CC1CC(=O)C(F)(F)c2c1cccc2[C@H](C)O. The molecule has 0 aromatic heterocycles. The Morgan fingerprint density at radius 2 is 1.92 bits per heavy atom. The molecule has 1 aliphatic carbocycles. The first-order valence-corrected chi connectivity index (χ1v) is 8.76. The number of carbonyl (C=O) groups is 1. The van der Waals surface area contributed by atoms with Crippen molar-refractivity contribution in [3.8, 4) is 0 Å². The molecule has 0 heterocycles. The molecule has 0 spiro atoms. The van der Waals surface area contributed by atoms with Gasteiger partial charge >= 0.3 is 5.92 Å². The van der Waals surface area contributed by atoms with Crippen LogP contribution in [0.4, 0.5) is 8.78 Å². The number of rotatable bonds is 5. The van der Waals surface area contributed by atoms with E-state index in [1.807, 2.05) is 24.3 Å². The van der Waals surface area contributed by atoms with Crippen LogP contribution < -0.4 is 0 Å². The lowest BCUT2D eigenvalue weighted by Gasteiger charge is -2.33. The highest BCUT2D eigenvalue weighted by Gasteiger charge is 2.49. The second-order valence-corrected chi connectivity index (χ2v) is 6.85.